The maximum Gasteiger partial charge on any atom is 0.164 e. The van der Waals surface area contributed by atoms with Crippen LogP contribution in [0.25, 0.3) is 0 Å². The third-order valence-electron chi connectivity index (χ3n) is 3.60. The van der Waals surface area contributed by atoms with Gasteiger partial charge >= 0.3 is 0 Å². The number of benzene rings is 1. The van der Waals surface area contributed by atoms with Gasteiger partial charge < -0.3 is 10.1 Å². The molecule has 1 aromatic carbocycles. The van der Waals surface area contributed by atoms with E-state index in [2.05, 4.69) is 15.3 Å². The topological polar surface area (TPSA) is 47.0 Å². The Morgan fingerprint density at radius 2 is 1.90 bits per heavy atom. The van der Waals surface area contributed by atoms with E-state index >= 15 is 0 Å². The minimum Gasteiger partial charge on any atom is -0.454 e. The maximum atomic E-state index is 5.84. The molecule has 2 aromatic rings. The van der Waals surface area contributed by atoms with Crippen LogP contribution in [0.4, 0.5) is 0 Å². The first-order valence-electron chi connectivity index (χ1n) is 7.24. The summed E-state index contributed by atoms with van der Waals surface area (Å²) in [7, 11) is 0. The molecule has 2 heterocycles. The molecule has 1 atom stereocenters. The Kier molecular flexibility index (Phi) is 4.68. The Balaban J connectivity index is 1.59. The third-order valence-corrected chi connectivity index (χ3v) is 3.85. The van der Waals surface area contributed by atoms with Crippen LogP contribution in [0.3, 0.4) is 0 Å². The number of nitrogens with zero attached hydrogens (tertiary/aromatic N) is 2. The molecule has 110 valence electrons. The quantitative estimate of drug-likeness (QED) is 0.939. The Bertz CT molecular complexity index is 565. The van der Waals surface area contributed by atoms with Crippen LogP contribution in [0.2, 0.25) is 5.02 Å². The molecule has 0 amide bonds. The molecule has 0 bridgehead atoms. The van der Waals surface area contributed by atoms with Gasteiger partial charge in [0, 0.05) is 11.4 Å². The van der Waals surface area contributed by atoms with Crippen LogP contribution < -0.4 is 10.1 Å². The van der Waals surface area contributed by atoms with Crippen LogP contribution in [0, 0.1) is 5.92 Å². The molecule has 3 rings (SSSR count). The molecule has 0 aliphatic carbocycles. The van der Waals surface area contributed by atoms with Crippen molar-refractivity contribution in [2.75, 3.05) is 13.1 Å². The molecular weight excluding hydrogens is 286 g/mol. The van der Waals surface area contributed by atoms with Gasteiger partial charge in [-0.3, -0.25) is 0 Å². The molecule has 1 aliphatic heterocycles. The van der Waals surface area contributed by atoms with Crippen molar-refractivity contribution in [3.05, 3.63) is 47.5 Å². The van der Waals surface area contributed by atoms with E-state index in [0.29, 0.717) is 16.7 Å². The molecule has 0 radical (unpaired) electrons. The fourth-order valence-corrected chi connectivity index (χ4v) is 2.62. The first-order valence-corrected chi connectivity index (χ1v) is 7.62. The molecule has 1 saturated heterocycles. The van der Waals surface area contributed by atoms with Crippen molar-refractivity contribution in [1.82, 2.24) is 15.3 Å². The first kappa shape index (κ1) is 14.3. The molecular formula is C16H18ClN3O. The number of piperidine rings is 1. The smallest absolute Gasteiger partial charge is 0.164 e. The largest absolute Gasteiger partial charge is 0.454 e. The van der Waals surface area contributed by atoms with Crippen LogP contribution >= 0.6 is 11.6 Å². The van der Waals surface area contributed by atoms with E-state index in [9.17, 15) is 0 Å². The van der Waals surface area contributed by atoms with Gasteiger partial charge in [-0.25, -0.2) is 9.97 Å². The Morgan fingerprint density at radius 1 is 1.14 bits per heavy atom. The van der Waals surface area contributed by atoms with Crippen molar-refractivity contribution in [2.45, 2.75) is 19.3 Å². The standard InChI is InChI=1S/C16H18ClN3O/c17-13-3-5-14(6-4-13)21-15-10-19-16(20-11-15)8-12-2-1-7-18-9-12/h3-6,10-12,18H,1-2,7-9H2. The lowest BCUT2D eigenvalue weighted by Gasteiger charge is -2.21. The lowest BCUT2D eigenvalue weighted by molar-refractivity contribution is 0.370. The van der Waals surface area contributed by atoms with Gasteiger partial charge in [-0.05, 0) is 56.1 Å². The van der Waals surface area contributed by atoms with Gasteiger partial charge in [-0.15, -0.1) is 0 Å². The number of hydrogen-bond donors (Lipinski definition) is 1. The number of nitrogens with one attached hydrogen (secondary N) is 1. The van der Waals surface area contributed by atoms with Crippen LogP contribution in [-0.2, 0) is 6.42 Å². The molecule has 0 spiro atoms. The minimum absolute atomic E-state index is 0.641. The van der Waals surface area contributed by atoms with Crippen molar-refractivity contribution in [3.63, 3.8) is 0 Å². The number of aromatic nitrogens is 2. The summed E-state index contributed by atoms with van der Waals surface area (Å²) in [4.78, 5) is 8.79. The fourth-order valence-electron chi connectivity index (χ4n) is 2.50. The van der Waals surface area contributed by atoms with Crippen molar-refractivity contribution in [2.24, 2.45) is 5.92 Å². The Hall–Kier alpha value is -1.65. The van der Waals surface area contributed by atoms with Crippen LogP contribution in [0.5, 0.6) is 11.5 Å². The normalized spacial score (nSPS) is 18.4. The molecule has 1 aromatic heterocycles. The summed E-state index contributed by atoms with van der Waals surface area (Å²) in [5, 5.41) is 4.10. The first-order chi connectivity index (χ1) is 10.3. The van der Waals surface area contributed by atoms with E-state index in [1.54, 1.807) is 24.5 Å². The second-order valence-corrected chi connectivity index (χ2v) is 5.74. The van der Waals surface area contributed by atoms with Gasteiger partial charge in [0.1, 0.15) is 11.6 Å². The lowest BCUT2D eigenvalue weighted by atomic mass is 9.96. The number of rotatable bonds is 4. The lowest BCUT2D eigenvalue weighted by Crippen LogP contribution is -2.31. The zero-order valence-corrected chi connectivity index (χ0v) is 12.5. The average Bonchev–Trinajstić information content (AvgIpc) is 2.53. The highest BCUT2D eigenvalue weighted by atomic mass is 35.5. The highest BCUT2D eigenvalue weighted by Crippen LogP contribution is 2.22. The molecule has 1 N–H and O–H groups in total. The zero-order valence-electron chi connectivity index (χ0n) is 11.8. The number of halogens is 1. The summed E-state index contributed by atoms with van der Waals surface area (Å²) in [5.41, 5.74) is 0. The number of hydrogen-bond acceptors (Lipinski definition) is 4. The SMILES string of the molecule is Clc1ccc(Oc2cnc(CC3CCCNC3)nc2)cc1. The summed E-state index contributed by atoms with van der Waals surface area (Å²) in [6, 6.07) is 7.23. The fraction of sp³-hybridized carbons (Fsp3) is 0.375. The van der Waals surface area contributed by atoms with Gasteiger partial charge in [0.05, 0.1) is 12.4 Å². The Labute approximate surface area is 129 Å². The highest BCUT2D eigenvalue weighted by Gasteiger charge is 2.14. The number of ether oxygens (including phenoxy) is 1. The Morgan fingerprint density at radius 3 is 2.57 bits per heavy atom. The molecule has 5 heteroatoms. The van der Waals surface area contributed by atoms with Gasteiger partial charge in [-0.2, -0.15) is 0 Å². The van der Waals surface area contributed by atoms with E-state index in [1.165, 1.54) is 12.8 Å². The van der Waals surface area contributed by atoms with E-state index in [1.807, 2.05) is 12.1 Å². The van der Waals surface area contributed by atoms with Gasteiger partial charge in [0.15, 0.2) is 5.75 Å². The molecule has 1 fully saturated rings. The van der Waals surface area contributed by atoms with Gasteiger partial charge in [0.25, 0.3) is 0 Å². The van der Waals surface area contributed by atoms with Crippen LogP contribution in [0.1, 0.15) is 18.7 Å². The van der Waals surface area contributed by atoms with E-state index in [0.717, 1.165) is 31.1 Å². The molecule has 1 aliphatic rings. The summed E-state index contributed by atoms with van der Waals surface area (Å²) in [6.07, 6.45) is 6.87. The third kappa shape index (κ3) is 4.16. The molecule has 0 saturated carbocycles. The highest BCUT2D eigenvalue weighted by molar-refractivity contribution is 6.30. The molecule has 21 heavy (non-hydrogen) atoms. The van der Waals surface area contributed by atoms with Crippen LogP contribution in [0.15, 0.2) is 36.7 Å². The van der Waals surface area contributed by atoms with E-state index < -0.39 is 0 Å². The predicted octanol–water partition coefficient (Wildman–Crippen LogP) is 3.46. The van der Waals surface area contributed by atoms with Crippen molar-refractivity contribution < 1.29 is 4.74 Å². The molecule has 1 unspecified atom stereocenters. The van der Waals surface area contributed by atoms with E-state index in [-0.39, 0.29) is 0 Å². The second kappa shape index (κ2) is 6.87. The second-order valence-electron chi connectivity index (χ2n) is 5.31. The van der Waals surface area contributed by atoms with E-state index in [4.69, 9.17) is 16.3 Å². The summed E-state index contributed by atoms with van der Waals surface area (Å²) < 4.78 is 5.68. The van der Waals surface area contributed by atoms with Gasteiger partial charge in [0.2, 0.25) is 0 Å². The zero-order chi connectivity index (χ0) is 14.5. The summed E-state index contributed by atoms with van der Waals surface area (Å²) >= 11 is 5.84. The predicted molar refractivity (Wildman–Crippen MR) is 82.9 cm³/mol. The van der Waals surface area contributed by atoms with Crippen molar-refractivity contribution >= 4 is 11.6 Å². The van der Waals surface area contributed by atoms with Gasteiger partial charge in [-0.1, -0.05) is 11.6 Å². The maximum absolute atomic E-state index is 5.84. The molecule has 4 nitrogen and oxygen atoms in total. The van der Waals surface area contributed by atoms with Crippen LogP contribution in [-0.4, -0.2) is 23.1 Å². The summed E-state index contributed by atoms with van der Waals surface area (Å²) in [5.74, 6) is 2.89. The minimum atomic E-state index is 0.641. The van der Waals surface area contributed by atoms with Crippen molar-refractivity contribution in [1.29, 1.82) is 0 Å². The average molecular weight is 304 g/mol. The monoisotopic (exact) mass is 303 g/mol. The van der Waals surface area contributed by atoms with Crippen molar-refractivity contribution in [3.8, 4) is 11.5 Å². The summed E-state index contributed by atoms with van der Waals surface area (Å²) in [6.45, 7) is 2.19.